The van der Waals surface area contributed by atoms with Crippen molar-refractivity contribution in [1.29, 1.82) is 0 Å². The van der Waals surface area contributed by atoms with Crippen LogP contribution in [-0.4, -0.2) is 39.2 Å². The van der Waals surface area contributed by atoms with Gasteiger partial charge in [-0.2, -0.15) is 4.99 Å². The van der Waals surface area contributed by atoms with Crippen molar-refractivity contribution in [1.82, 2.24) is 4.90 Å². The Morgan fingerprint density at radius 3 is 2.80 bits per heavy atom. The standard InChI is InChI=1S/C18H17N3O4/c1-11-6-7-12(16(23)24)9-13(11)19-17(25)18(2)10-15(22)20-14-5-3-4-8-21(14)18/h3-9H,10H2,1-2H3,(H,19,25)(H,23,24). The highest BCUT2D eigenvalue weighted by atomic mass is 16.4. The maximum atomic E-state index is 13.0. The van der Waals surface area contributed by atoms with Gasteiger partial charge in [-0.25, -0.2) is 4.79 Å². The van der Waals surface area contributed by atoms with Crippen LogP contribution in [-0.2, 0) is 9.59 Å². The fraction of sp³-hybridized carbons (Fsp3) is 0.222. The van der Waals surface area contributed by atoms with Gasteiger partial charge in [-0.15, -0.1) is 0 Å². The van der Waals surface area contributed by atoms with Gasteiger partial charge in [-0.05, 0) is 43.7 Å². The highest BCUT2D eigenvalue weighted by Gasteiger charge is 2.45. The number of aliphatic imine (C=N–C) groups is 1. The molecule has 2 amide bonds. The van der Waals surface area contributed by atoms with Gasteiger partial charge in [0.05, 0.1) is 12.0 Å². The summed E-state index contributed by atoms with van der Waals surface area (Å²) in [5.74, 6) is -1.45. The number of carboxylic acids is 1. The van der Waals surface area contributed by atoms with Crippen LogP contribution in [0.5, 0.6) is 0 Å². The summed E-state index contributed by atoms with van der Waals surface area (Å²) in [6, 6.07) is 4.51. The van der Waals surface area contributed by atoms with E-state index in [1.807, 2.05) is 0 Å². The van der Waals surface area contributed by atoms with Crippen LogP contribution in [0.2, 0.25) is 0 Å². The number of hydrogen-bond donors (Lipinski definition) is 2. The number of anilines is 1. The van der Waals surface area contributed by atoms with E-state index in [-0.39, 0.29) is 17.9 Å². The van der Waals surface area contributed by atoms with E-state index in [1.54, 1.807) is 49.2 Å². The summed E-state index contributed by atoms with van der Waals surface area (Å²) in [4.78, 5) is 41.7. The predicted octanol–water partition coefficient (Wildman–Crippen LogP) is 2.10. The molecule has 3 rings (SSSR count). The van der Waals surface area contributed by atoms with Crippen LogP contribution in [0.3, 0.4) is 0 Å². The van der Waals surface area contributed by atoms with Crippen molar-refractivity contribution in [2.75, 3.05) is 5.32 Å². The first-order valence-electron chi connectivity index (χ1n) is 7.72. The normalized spacial score (nSPS) is 21.6. The molecule has 0 saturated carbocycles. The number of carbonyl (C=O) groups excluding carboxylic acids is 2. The molecule has 2 heterocycles. The molecule has 2 N–H and O–H groups in total. The summed E-state index contributed by atoms with van der Waals surface area (Å²) in [5, 5.41) is 11.9. The Morgan fingerprint density at radius 1 is 1.32 bits per heavy atom. The number of fused-ring (bicyclic) bond motifs is 1. The number of carboxylic acid groups (broad SMARTS) is 1. The average Bonchev–Trinajstić information content (AvgIpc) is 2.56. The number of aryl methyl sites for hydroxylation is 1. The van der Waals surface area contributed by atoms with Crippen molar-refractivity contribution in [3.8, 4) is 0 Å². The highest BCUT2D eigenvalue weighted by Crippen LogP contribution is 2.30. The summed E-state index contributed by atoms with van der Waals surface area (Å²) in [6.07, 6.45) is 6.80. The lowest BCUT2D eigenvalue weighted by Crippen LogP contribution is -2.58. The third kappa shape index (κ3) is 2.96. The molecule has 2 aliphatic heterocycles. The monoisotopic (exact) mass is 339 g/mol. The van der Waals surface area contributed by atoms with Crippen molar-refractivity contribution in [3.05, 3.63) is 53.8 Å². The number of carbonyl (C=O) groups is 3. The Hall–Kier alpha value is -3.22. The minimum Gasteiger partial charge on any atom is -0.478 e. The van der Waals surface area contributed by atoms with Crippen LogP contribution >= 0.6 is 0 Å². The van der Waals surface area contributed by atoms with Gasteiger partial charge in [0.2, 0.25) is 0 Å². The molecule has 7 heteroatoms. The zero-order valence-electron chi connectivity index (χ0n) is 13.8. The van der Waals surface area contributed by atoms with Crippen LogP contribution in [0.15, 0.2) is 47.6 Å². The van der Waals surface area contributed by atoms with Crippen LogP contribution < -0.4 is 5.32 Å². The van der Waals surface area contributed by atoms with Crippen LogP contribution in [0, 0.1) is 6.92 Å². The van der Waals surface area contributed by atoms with E-state index >= 15 is 0 Å². The largest absolute Gasteiger partial charge is 0.478 e. The topological polar surface area (TPSA) is 99.1 Å². The molecule has 0 aliphatic carbocycles. The van der Waals surface area contributed by atoms with Crippen molar-refractivity contribution in [3.63, 3.8) is 0 Å². The first-order valence-corrected chi connectivity index (χ1v) is 7.72. The number of hydrogen-bond acceptors (Lipinski definition) is 4. The van der Waals surface area contributed by atoms with Gasteiger partial charge >= 0.3 is 5.97 Å². The minimum atomic E-state index is -1.15. The lowest BCUT2D eigenvalue weighted by atomic mass is 9.91. The number of benzene rings is 1. The Kier molecular flexibility index (Phi) is 4.00. The molecule has 0 bridgehead atoms. The molecule has 128 valence electrons. The number of aromatic carboxylic acids is 1. The molecular formula is C18H17N3O4. The molecular weight excluding hydrogens is 322 g/mol. The maximum Gasteiger partial charge on any atom is 0.335 e. The predicted molar refractivity (Wildman–Crippen MR) is 92.4 cm³/mol. The minimum absolute atomic E-state index is 0.0712. The molecule has 1 atom stereocenters. The first-order chi connectivity index (χ1) is 11.8. The molecule has 0 aromatic heterocycles. The fourth-order valence-corrected chi connectivity index (χ4v) is 2.83. The van der Waals surface area contributed by atoms with Crippen LogP contribution in [0.1, 0.15) is 29.3 Å². The number of nitrogens with zero attached hydrogens (tertiary/aromatic N) is 2. The van der Waals surface area contributed by atoms with E-state index in [0.717, 1.165) is 5.56 Å². The Morgan fingerprint density at radius 2 is 2.08 bits per heavy atom. The third-order valence-corrected chi connectivity index (χ3v) is 4.33. The maximum absolute atomic E-state index is 13.0. The van der Waals surface area contributed by atoms with Gasteiger partial charge in [0.15, 0.2) is 0 Å². The zero-order chi connectivity index (χ0) is 18.2. The van der Waals surface area contributed by atoms with Gasteiger partial charge in [-0.3, -0.25) is 9.59 Å². The summed E-state index contributed by atoms with van der Waals surface area (Å²) >= 11 is 0. The number of rotatable bonds is 3. The van der Waals surface area contributed by atoms with Gasteiger partial charge < -0.3 is 15.3 Å². The van der Waals surface area contributed by atoms with Gasteiger partial charge in [0.1, 0.15) is 11.4 Å². The van der Waals surface area contributed by atoms with E-state index in [2.05, 4.69) is 10.3 Å². The van der Waals surface area contributed by atoms with Gasteiger partial charge in [-0.1, -0.05) is 12.1 Å². The van der Waals surface area contributed by atoms with E-state index in [4.69, 9.17) is 5.11 Å². The third-order valence-electron chi connectivity index (χ3n) is 4.33. The Bertz CT molecular complexity index is 869. The van der Waals surface area contributed by atoms with Crippen molar-refractivity contribution in [2.45, 2.75) is 25.8 Å². The first kappa shape index (κ1) is 16.6. The molecule has 0 saturated heterocycles. The molecule has 0 spiro atoms. The SMILES string of the molecule is Cc1ccc(C(=O)O)cc1NC(=O)C1(C)CC(=O)N=C2C=CC=CN21. The van der Waals surface area contributed by atoms with Gasteiger partial charge in [0, 0.05) is 11.9 Å². The van der Waals surface area contributed by atoms with Crippen LogP contribution in [0.25, 0.3) is 0 Å². The second-order valence-corrected chi connectivity index (χ2v) is 6.17. The number of amides is 2. The van der Waals surface area contributed by atoms with E-state index in [9.17, 15) is 14.4 Å². The summed E-state index contributed by atoms with van der Waals surface area (Å²) in [5.41, 5.74) is 0.0567. The van der Waals surface area contributed by atoms with E-state index in [0.29, 0.717) is 11.5 Å². The lowest BCUT2D eigenvalue weighted by Gasteiger charge is -2.41. The smallest absolute Gasteiger partial charge is 0.335 e. The van der Waals surface area contributed by atoms with Gasteiger partial charge in [0.25, 0.3) is 11.8 Å². The highest BCUT2D eigenvalue weighted by molar-refractivity contribution is 6.12. The molecule has 2 aliphatic rings. The second kappa shape index (κ2) is 6.01. The molecule has 1 aromatic carbocycles. The number of allylic oxidation sites excluding steroid dienone is 2. The summed E-state index contributed by atoms with van der Waals surface area (Å²) in [6.45, 7) is 3.43. The second-order valence-electron chi connectivity index (χ2n) is 6.17. The molecule has 1 aromatic rings. The molecule has 25 heavy (non-hydrogen) atoms. The Balaban J connectivity index is 1.93. The fourth-order valence-electron chi connectivity index (χ4n) is 2.83. The van der Waals surface area contributed by atoms with E-state index in [1.165, 1.54) is 12.1 Å². The summed E-state index contributed by atoms with van der Waals surface area (Å²) in [7, 11) is 0. The lowest BCUT2D eigenvalue weighted by molar-refractivity contribution is -0.130. The van der Waals surface area contributed by atoms with Crippen molar-refractivity contribution in [2.24, 2.45) is 4.99 Å². The average molecular weight is 339 g/mol. The van der Waals surface area contributed by atoms with Crippen molar-refractivity contribution >= 4 is 29.3 Å². The quantitative estimate of drug-likeness (QED) is 0.878. The van der Waals surface area contributed by atoms with Crippen molar-refractivity contribution < 1.29 is 19.5 Å². The van der Waals surface area contributed by atoms with E-state index < -0.39 is 17.4 Å². The molecule has 0 radical (unpaired) electrons. The Labute approximate surface area is 144 Å². The van der Waals surface area contributed by atoms with Crippen LogP contribution in [0.4, 0.5) is 5.69 Å². The molecule has 1 unspecified atom stereocenters. The molecule has 7 nitrogen and oxygen atoms in total. The zero-order valence-corrected chi connectivity index (χ0v) is 13.8. The number of amidine groups is 1. The molecule has 0 fully saturated rings. The summed E-state index contributed by atoms with van der Waals surface area (Å²) < 4.78 is 0. The number of nitrogens with one attached hydrogen (secondary N) is 1.